The predicted molar refractivity (Wildman–Crippen MR) is 75.8 cm³/mol. The summed E-state index contributed by atoms with van der Waals surface area (Å²) in [5.41, 5.74) is 7.07. The molecule has 0 amide bonds. The number of hydrogen-bond acceptors (Lipinski definition) is 4. The van der Waals surface area contributed by atoms with Gasteiger partial charge in [-0.25, -0.2) is 8.42 Å². The number of nitrogens with two attached hydrogens (primary N) is 1. The topological polar surface area (TPSA) is 77.2 Å². The smallest absolute Gasteiger partial charge is 0.153 e. The molecule has 0 aromatic heterocycles. The molecule has 6 heteroatoms. The van der Waals surface area contributed by atoms with E-state index in [9.17, 15) is 12.6 Å². The van der Waals surface area contributed by atoms with Gasteiger partial charge in [0.15, 0.2) is 9.84 Å². The van der Waals surface area contributed by atoms with Crippen molar-refractivity contribution in [1.29, 1.82) is 0 Å². The molecule has 0 aliphatic rings. The lowest BCUT2D eigenvalue weighted by Crippen LogP contribution is -2.21. The second-order valence-electron chi connectivity index (χ2n) is 4.44. The highest BCUT2D eigenvalue weighted by Gasteiger charge is 2.18. The lowest BCUT2D eigenvalue weighted by Gasteiger charge is -2.10. The van der Waals surface area contributed by atoms with E-state index in [2.05, 4.69) is 0 Å². The van der Waals surface area contributed by atoms with Crippen molar-refractivity contribution >= 4 is 26.3 Å². The van der Waals surface area contributed by atoms with Crippen molar-refractivity contribution in [1.82, 2.24) is 0 Å². The van der Waals surface area contributed by atoms with Gasteiger partial charge in [0.2, 0.25) is 0 Å². The number of hydrogen-bond donors (Lipinski definition) is 1. The molecular formula is C12H19NO3S2. The quantitative estimate of drug-likeness (QED) is 0.833. The molecule has 0 spiro atoms. The van der Waals surface area contributed by atoms with E-state index in [4.69, 9.17) is 5.73 Å². The van der Waals surface area contributed by atoms with Crippen molar-refractivity contribution in [3.05, 3.63) is 23.8 Å². The monoisotopic (exact) mass is 289 g/mol. The van der Waals surface area contributed by atoms with Gasteiger partial charge in [0.1, 0.15) is 0 Å². The summed E-state index contributed by atoms with van der Waals surface area (Å²) in [5.74, 6) is 0.0519. The Labute approximate surface area is 111 Å². The van der Waals surface area contributed by atoms with E-state index in [1.807, 2.05) is 0 Å². The maximum atomic E-state index is 12.1. The van der Waals surface area contributed by atoms with E-state index >= 15 is 0 Å². The van der Waals surface area contributed by atoms with Crippen molar-refractivity contribution in [2.24, 2.45) is 0 Å². The second kappa shape index (κ2) is 5.84. The third-order valence-electron chi connectivity index (χ3n) is 2.84. The Bertz CT molecular complexity index is 550. The molecule has 1 aromatic rings. The van der Waals surface area contributed by atoms with Crippen LogP contribution in [0.15, 0.2) is 23.1 Å². The molecule has 0 saturated carbocycles. The lowest BCUT2D eigenvalue weighted by molar-refractivity contribution is 0.588. The first kappa shape index (κ1) is 15.2. The molecule has 102 valence electrons. The third-order valence-corrected chi connectivity index (χ3v) is 6.82. The summed E-state index contributed by atoms with van der Waals surface area (Å²) in [6.45, 7) is 5.05. The van der Waals surface area contributed by atoms with Crippen LogP contribution in [-0.4, -0.2) is 29.4 Å². The summed E-state index contributed by atoms with van der Waals surface area (Å²) < 4.78 is 35.4. The van der Waals surface area contributed by atoms with E-state index < -0.39 is 25.9 Å². The van der Waals surface area contributed by atoms with Crippen LogP contribution in [0.5, 0.6) is 0 Å². The lowest BCUT2D eigenvalue weighted by atomic mass is 10.2. The zero-order chi connectivity index (χ0) is 13.9. The predicted octanol–water partition coefficient (Wildman–Crippen LogP) is 1.51. The molecule has 0 heterocycles. The molecule has 2 N–H and O–H groups in total. The van der Waals surface area contributed by atoms with E-state index in [1.165, 1.54) is 0 Å². The summed E-state index contributed by atoms with van der Waals surface area (Å²) in [5, 5.41) is -0.434. The molecule has 0 fully saturated rings. The molecular weight excluding hydrogens is 270 g/mol. The van der Waals surface area contributed by atoms with E-state index in [-0.39, 0.29) is 11.5 Å². The van der Waals surface area contributed by atoms with E-state index in [0.29, 0.717) is 10.6 Å². The van der Waals surface area contributed by atoms with E-state index in [0.717, 1.165) is 5.56 Å². The standard InChI is InChI=1S/C12H19NO3S2/c1-9(2)18(15,16)8-7-17(14)12-6-4-5-11(13)10(12)3/h4-6,9H,7-8,13H2,1-3H3. The molecule has 1 unspecified atom stereocenters. The number of sulfone groups is 1. The van der Waals surface area contributed by atoms with Crippen molar-refractivity contribution in [2.75, 3.05) is 17.2 Å². The van der Waals surface area contributed by atoms with Gasteiger partial charge in [-0.1, -0.05) is 6.07 Å². The van der Waals surface area contributed by atoms with Crippen LogP contribution in [0.25, 0.3) is 0 Å². The first-order chi connectivity index (χ1) is 8.25. The van der Waals surface area contributed by atoms with Crippen LogP contribution in [0.4, 0.5) is 5.69 Å². The Balaban J connectivity index is 2.82. The summed E-state index contributed by atoms with van der Waals surface area (Å²) in [6, 6.07) is 5.19. The molecule has 18 heavy (non-hydrogen) atoms. The van der Waals surface area contributed by atoms with Crippen LogP contribution in [0.3, 0.4) is 0 Å². The minimum absolute atomic E-state index is 0.0640. The highest BCUT2D eigenvalue weighted by Crippen LogP contribution is 2.19. The maximum absolute atomic E-state index is 12.1. The van der Waals surface area contributed by atoms with Crippen molar-refractivity contribution in [2.45, 2.75) is 30.9 Å². The third kappa shape index (κ3) is 3.55. The highest BCUT2D eigenvalue weighted by atomic mass is 32.2. The van der Waals surface area contributed by atoms with Crippen molar-refractivity contribution in [3.8, 4) is 0 Å². The van der Waals surface area contributed by atoms with Gasteiger partial charge in [-0.15, -0.1) is 0 Å². The normalized spacial score (nSPS) is 13.8. The fraction of sp³-hybridized carbons (Fsp3) is 0.500. The summed E-state index contributed by atoms with van der Waals surface area (Å²) in [6.07, 6.45) is 0. The Morgan fingerprint density at radius 2 is 1.94 bits per heavy atom. The maximum Gasteiger partial charge on any atom is 0.153 e. The van der Waals surface area contributed by atoms with Crippen LogP contribution in [-0.2, 0) is 20.6 Å². The second-order valence-corrected chi connectivity index (χ2v) is 8.65. The van der Waals surface area contributed by atoms with Gasteiger partial charge >= 0.3 is 0 Å². The number of benzene rings is 1. The van der Waals surface area contributed by atoms with Gasteiger partial charge in [-0.05, 0) is 38.5 Å². The van der Waals surface area contributed by atoms with Crippen LogP contribution in [0.1, 0.15) is 19.4 Å². The van der Waals surface area contributed by atoms with Crippen LogP contribution >= 0.6 is 0 Å². The zero-order valence-electron chi connectivity index (χ0n) is 10.8. The average molecular weight is 289 g/mol. The largest absolute Gasteiger partial charge is 0.398 e. The van der Waals surface area contributed by atoms with Crippen LogP contribution < -0.4 is 5.73 Å². The number of nitrogen functional groups attached to an aromatic ring is 1. The fourth-order valence-electron chi connectivity index (χ4n) is 1.42. The Morgan fingerprint density at radius 3 is 2.50 bits per heavy atom. The molecule has 0 bridgehead atoms. The SMILES string of the molecule is Cc1c(N)cccc1S(=O)CCS(=O)(=O)C(C)C. The first-order valence-corrected chi connectivity index (χ1v) is 8.74. The molecule has 0 aliphatic carbocycles. The van der Waals surface area contributed by atoms with Gasteiger partial charge in [0.25, 0.3) is 0 Å². The molecule has 1 rings (SSSR count). The minimum Gasteiger partial charge on any atom is -0.398 e. The van der Waals surface area contributed by atoms with Gasteiger partial charge in [0, 0.05) is 16.3 Å². The molecule has 4 nitrogen and oxygen atoms in total. The molecule has 1 atom stereocenters. The zero-order valence-corrected chi connectivity index (χ0v) is 12.5. The number of rotatable bonds is 5. The molecule has 0 aliphatic heterocycles. The fourth-order valence-corrected chi connectivity index (χ4v) is 4.33. The van der Waals surface area contributed by atoms with Crippen LogP contribution in [0.2, 0.25) is 0 Å². The summed E-state index contributed by atoms with van der Waals surface area (Å²) in [4.78, 5) is 0.619. The molecule has 0 saturated heterocycles. The summed E-state index contributed by atoms with van der Waals surface area (Å²) >= 11 is 0. The van der Waals surface area contributed by atoms with Gasteiger partial charge < -0.3 is 5.73 Å². The average Bonchev–Trinajstić information content (AvgIpc) is 2.29. The van der Waals surface area contributed by atoms with Gasteiger partial charge in [-0.3, -0.25) is 4.21 Å². The number of anilines is 1. The molecule has 1 aromatic carbocycles. The van der Waals surface area contributed by atoms with E-state index in [1.54, 1.807) is 39.0 Å². The highest BCUT2D eigenvalue weighted by molar-refractivity contribution is 7.93. The Morgan fingerprint density at radius 1 is 1.33 bits per heavy atom. The Kier molecular flexibility index (Phi) is 4.92. The minimum atomic E-state index is -3.15. The van der Waals surface area contributed by atoms with Gasteiger partial charge in [0.05, 0.1) is 21.8 Å². The van der Waals surface area contributed by atoms with Crippen LogP contribution in [0, 0.1) is 6.92 Å². The Hall–Kier alpha value is -0.880. The van der Waals surface area contributed by atoms with Gasteiger partial charge in [-0.2, -0.15) is 0 Å². The van der Waals surface area contributed by atoms with Crippen molar-refractivity contribution in [3.63, 3.8) is 0 Å². The first-order valence-electron chi connectivity index (χ1n) is 5.70. The summed E-state index contributed by atoms with van der Waals surface area (Å²) in [7, 11) is -4.48. The molecule has 0 radical (unpaired) electrons. The van der Waals surface area contributed by atoms with Crippen molar-refractivity contribution < 1.29 is 12.6 Å².